The number of rotatable bonds is 3. The molecule has 0 nitrogen and oxygen atoms in total. The van der Waals surface area contributed by atoms with E-state index in [-0.39, 0.29) is 0 Å². The van der Waals surface area contributed by atoms with Crippen LogP contribution in [0.5, 0.6) is 0 Å². The highest BCUT2D eigenvalue weighted by molar-refractivity contribution is 5.10. The maximum absolute atomic E-state index is 3.72. The molecule has 0 aromatic rings. The van der Waals surface area contributed by atoms with Gasteiger partial charge in [0, 0.05) is 0 Å². The Hall–Kier alpha value is -0.520. The van der Waals surface area contributed by atoms with Crippen LogP contribution in [0.1, 0.15) is 27.2 Å². The number of allylic oxidation sites excluding steroid dienone is 4. The van der Waals surface area contributed by atoms with Crippen LogP contribution in [0.15, 0.2) is 23.8 Å². The standard InChI is InChI=1S/C10H17/c1-5-7-8-10(4)9(3)6-2/h6-8,10H,2,5H2,1,3-4H3. The summed E-state index contributed by atoms with van der Waals surface area (Å²) in [6.45, 7) is 10.2. The van der Waals surface area contributed by atoms with Gasteiger partial charge >= 0.3 is 0 Å². The second-order valence-corrected chi connectivity index (χ2v) is 2.57. The van der Waals surface area contributed by atoms with Gasteiger partial charge in [-0.25, -0.2) is 0 Å². The SMILES string of the molecule is [CH2]C=C(C)C(C)C=CCC. The van der Waals surface area contributed by atoms with E-state index in [4.69, 9.17) is 0 Å². The van der Waals surface area contributed by atoms with E-state index in [1.165, 1.54) is 5.57 Å². The summed E-state index contributed by atoms with van der Waals surface area (Å²) in [6.07, 6.45) is 7.45. The fourth-order valence-electron chi connectivity index (χ4n) is 0.678. The van der Waals surface area contributed by atoms with Crippen LogP contribution in [0.2, 0.25) is 0 Å². The number of hydrogen-bond donors (Lipinski definition) is 0. The summed E-state index contributed by atoms with van der Waals surface area (Å²) in [6, 6.07) is 0. The summed E-state index contributed by atoms with van der Waals surface area (Å²) >= 11 is 0. The summed E-state index contributed by atoms with van der Waals surface area (Å²) in [7, 11) is 0. The fourth-order valence-corrected chi connectivity index (χ4v) is 0.678. The van der Waals surface area contributed by atoms with Crippen LogP contribution in [0.3, 0.4) is 0 Å². The van der Waals surface area contributed by atoms with E-state index in [2.05, 4.69) is 39.8 Å². The molecule has 0 aromatic carbocycles. The van der Waals surface area contributed by atoms with Gasteiger partial charge in [-0.3, -0.25) is 0 Å². The van der Waals surface area contributed by atoms with Crippen LogP contribution in [0.4, 0.5) is 0 Å². The van der Waals surface area contributed by atoms with Gasteiger partial charge in [-0.1, -0.05) is 37.6 Å². The monoisotopic (exact) mass is 137 g/mol. The Bertz CT molecular complexity index is 129. The molecule has 0 spiro atoms. The van der Waals surface area contributed by atoms with Crippen LogP contribution < -0.4 is 0 Å². The molecule has 1 unspecified atom stereocenters. The maximum Gasteiger partial charge on any atom is -0.00544 e. The Kier molecular flexibility index (Phi) is 5.00. The quantitative estimate of drug-likeness (QED) is 0.523. The average Bonchev–Trinajstić information content (AvgIpc) is 1.98. The molecule has 0 fully saturated rings. The topological polar surface area (TPSA) is 0 Å². The third kappa shape index (κ3) is 3.49. The molecule has 0 saturated carbocycles. The van der Waals surface area contributed by atoms with E-state index in [0.29, 0.717) is 5.92 Å². The van der Waals surface area contributed by atoms with Crippen molar-refractivity contribution in [1.29, 1.82) is 0 Å². The van der Waals surface area contributed by atoms with E-state index < -0.39 is 0 Å². The fraction of sp³-hybridized carbons (Fsp3) is 0.500. The van der Waals surface area contributed by atoms with E-state index in [0.717, 1.165) is 6.42 Å². The molecule has 57 valence electrons. The lowest BCUT2D eigenvalue weighted by Crippen LogP contribution is -1.89. The predicted octanol–water partition coefficient (Wildman–Crippen LogP) is 3.37. The zero-order valence-electron chi connectivity index (χ0n) is 7.22. The highest BCUT2D eigenvalue weighted by Gasteiger charge is 1.95. The Morgan fingerprint density at radius 2 is 2.20 bits per heavy atom. The van der Waals surface area contributed by atoms with Gasteiger partial charge in [-0.15, -0.1) is 0 Å². The second kappa shape index (κ2) is 5.28. The summed E-state index contributed by atoms with van der Waals surface area (Å²) in [5, 5.41) is 0. The normalized spacial score (nSPS) is 16.2. The molecule has 0 bridgehead atoms. The van der Waals surface area contributed by atoms with E-state index in [1.807, 2.05) is 6.08 Å². The Morgan fingerprint density at radius 1 is 1.60 bits per heavy atom. The van der Waals surface area contributed by atoms with Crippen molar-refractivity contribution in [2.75, 3.05) is 0 Å². The Morgan fingerprint density at radius 3 is 2.60 bits per heavy atom. The van der Waals surface area contributed by atoms with Crippen molar-refractivity contribution in [2.24, 2.45) is 5.92 Å². The van der Waals surface area contributed by atoms with Gasteiger partial charge < -0.3 is 0 Å². The van der Waals surface area contributed by atoms with Gasteiger partial charge in [0.2, 0.25) is 0 Å². The highest BCUT2D eigenvalue weighted by Crippen LogP contribution is 2.10. The van der Waals surface area contributed by atoms with Gasteiger partial charge in [-0.2, -0.15) is 0 Å². The van der Waals surface area contributed by atoms with E-state index in [9.17, 15) is 0 Å². The molecular weight excluding hydrogens is 120 g/mol. The molecule has 0 N–H and O–H groups in total. The molecular formula is C10H17. The minimum atomic E-state index is 0.553. The Labute approximate surface area is 64.6 Å². The van der Waals surface area contributed by atoms with Crippen LogP contribution in [-0.2, 0) is 0 Å². The molecule has 0 saturated heterocycles. The molecule has 1 atom stereocenters. The van der Waals surface area contributed by atoms with Gasteiger partial charge in [0.25, 0.3) is 0 Å². The molecule has 0 aliphatic rings. The lowest BCUT2D eigenvalue weighted by molar-refractivity contribution is 0.856. The molecule has 0 aromatic heterocycles. The van der Waals surface area contributed by atoms with Crippen molar-refractivity contribution < 1.29 is 0 Å². The molecule has 10 heavy (non-hydrogen) atoms. The molecule has 0 amide bonds. The predicted molar refractivity (Wildman–Crippen MR) is 47.7 cm³/mol. The van der Waals surface area contributed by atoms with Crippen LogP contribution in [-0.4, -0.2) is 0 Å². The molecule has 0 heteroatoms. The summed E-state index contributed by atoms with van der Waals surface area (Å²) in [4.78, 5) is 0. The largest absolute Gasteiger partial charge is 0.0882 e. The summed E-state index contributed by atoms with van der Waals surface area (Å²) in [5.41, 5.74) is 1.34. The van der Waals surface area contributed by atoms with Gasteiger partial charge in [0.15, 0.2) is 0 Å². The second-order valence-electron chi connectivity index (χ2n) is 2.57. The first kappa shape index (κ1) is 9.48. The van der Waals surface area contributed by atoms with Crippen molar-refractivity contribution >= 4 is 0 Å². The van der Waals surface area contributed by atoms with Crippen molar-refractivity contribution in [2.45, 2.75) is 27.2 Å². The van der Waals surface area contributed by atoms with Gasteiger partial charge in [0.1, 0.15) is 0 Å². The molecule has 0 aliphatic carbocycles. The molecule has 0 heterocycles. The zero-order valence-corrected chi connectivity index (χ0v) is 7.22. The van der Waals surface area contributed by atoms with Crippen molar-refractivity contribution in [3.63, 3.8) is 0 Å². The highest BCUT2D eigenvalue weighted by atomic mass is 14.0. The average molecular weight is 137 g/mol. The summed E-state index contributed by atoms with van der Waals surface area (Å²) in [5.74, 6) is 0.553. The molecule has 0 rings (SSSR count). The smallest absolute Gasteiger partial charge is 0.00544 e. The third-order valence-corrected chi connectivity index (χ3v) is 1.70. The van der Waals surface area contributed by atoms with E-state index >= 15 is 0 Å². The van der Waals surface area contributed by atoms with Crippen LogP contribution in [0.25, 0.3) is 0 Å². The van der Waals surface area contributed by atoms with Gasteiger partial charge in [-0.05, 0) is 26.2 Å². The lowest BCUT2D eigenvalue weighted by Gasteiger charge is -2.04. The summed E-state index contributed by atoms with van der Waals surface area (Å²) < 4.78 is 0. The van der Waals surface area contributed by atoms with Crippen molar-refractivity contribution in [1.82, 2.24) is 0 Å². The van der Waals surface area contributed by atoms with Crippen molar-refractivity contribution in [3.8, 4) is 0 Å². The zero-order chi connectivity index (χ0) is 7.98. The van der Waals surface area contributed by atoms with Crippen LogP contribution in [0, 0.1) is 12.8 Å². The number of hydrogen-bond acceptors (Lipinski definition) is 0. The lowest BCUT2D eigenvalue weighted by atomic mass is 10.0. The van der Waals surface area contributed by atoms with Gasteiger partial charge in [0.05, 0.1) is 0 Å². The van der Waals surface area contributed by atoms with E-state index in [1.54, 1.807) is 0 Å². The Balaban J connectivity index is 3.84. The maximum atomic E-state index is 3.72. The first-order valence-corrected chi connectivity index (χ1v) is 3.84. The third-order valence-electron chi connectivity index (χ3n) is 1.70. The minimum absolute atomic E-state index is 0.553. The first-order valence-electron chi connectivity index (χ1n) is 3.84. The minimum Gasteiger partial charge on any atom is -0.0882 e. The van der Waals surface area contributed by atoms with Crippen molar-refractivity contribution in [3.05, 3.63) is 30.7 Å². The first-order chi connectivity index (χ1) is 4.72. The molecule has 1 radical (unpaired) electrons. The van der Waals surface area contributed by atoms with Crippen LogP contribution >= 0.6 is 0 Å². The molecule has 0 aliphatic heterocycles.